The Morgan fingerprint density at radius 1 is 0.282 bits per heavy atom. The molecule has 0 aromatic carbocycles. The summed E-state index contributed by atoms with van der Waals surface area (Å²) in [5.41, 5.74) is -1.30. The van der Waals surface area contributed by atoms with Gasteiger partial charge in [-0.3, -0.25) is 33.6 Å². The second kappa shape index (κ2) is 48.5. The summed E-state index contributed by atoms with van der Waals surface area (Å²) in [6, 6.07) is 0. The molecular weight excluding hydrogens is 911 g/mol. The zero-order valence-electron chi connectivity index (χ0n) is 45.6. The van der Waals surface area contributed by atoms with Crippen molar-refractivity contribution in [2.24, 2.45) is 5.41 Å². The van der Waals surface area contributed by atoms with Gasteiger partial charge in [0.1, 0.15) is 31.8 Å². The second-order valence-electron chi connectivity index (χ2n) is 19.7. The number of carbonyl (C=O) groups is 7. The Labute approximate surface area is 429 Å². The zero-order chi connectivity index (χ0) is 52.5. The normalized spacial score (nSPS) is 11.3. The van der Waals surface area contributed by atoms with Crippen molar-refractivity contribution in [3.8, 4) is 0 Å². The van der Waals surface area contributed by atoms with E-state index in [-0.39, 0.29) is 70.0 Å². The predicted octanol–water partition coefficient (Wildman–Crippen LogP) is 12.0. The van der Waals surface area contributed by atoms with Crippen molar-refractivity contribution in [3.63, 3.8) is 0 Å². The van der Waals surface area contributed by atoms with Crippen molar-refractivity contribution in [2.75, 3.05) is 66.9 Å². The minimum atomic E-state index is -1.30. The summed E-state index contributed by atoms with van der Waals surface area (Å²) in [6.07, 6.45) is 27.5. The highest BCUT2D eigenvalue weighted by molar-refractivity contribution is 5.71. The molecule has 71 heavy (non-hydrogen) atoms. The summed E-state index contributed by atoms with van der Waals surface area (Å²) in [5.74, 6) is -2.11. The molecule has 0 rings (SSSR count). The number of ether oxygens (including phenoxy) is 7. The molecule has 0 aromatic heterocycles. The highest BCUT2D eigenvalue weighted by atomic mass is 16.6. The SMILES string of the molecule is CCCOC(=O)CCCCCCCCCCC(=O)OCC(COC(=O)CCCCCCCCCCC(=O)OCCC)(COC(=O)CCCCCCCCCCC(=O)OCCC)COC(=O)CCCN(C)C. The van der Waals surface area contributed by atoms with Gasteiger partial charge in [-0.15, -0.1) is 0 Å². The topological polar surface area (TPSA) is 187 Å². The number of rotatable bonds is 51. The van der Waals surface area contributed by atoms with Crippen molar-refractivity contribution < 1.29 is 66.7 Å². The van der Waals surface area contributed by atoms with Crippen LogP contribution in [0.15, 0.2) is 0 Å². The molecule has 0 radical (unpaired) electrons. The highest BCUT2D eigenvalue weighted by Crippen LogP contribution is 2.24. The third kappa shape index (κ3) is 45.8. The van der Waals surface area contributed by atoms with Crippen LogP contribution in [0.2, 0.25) is 0 Å². The van der Waals surface area contributed by atoms with E-state index in [1.54, 1.807) is 0 Å². The minimum absolute atomic E-state index is 0.128. The Hall–Kier alpha value is -3.75. The fourth-order valence-corrected chi connectivity index (χ4v) is 7.67. The molecule has 0 fully saturated rings. The lowest BCUT2D eigenvalue weighted by Crippen LogP contribution is -2.44. The molecule has 0 aliphatic carbocycles. The summed E-state index contributed by atoms with van der Waals surface area (Å²) >= 11 is 0. The molecule has 0 heterocycles. The van der Waals surface area contributed by atoms with Crippen molar-refractivity contribution in [3.05, 3.63) is 0 Å². The van der Waals surface area contributed by atoms with E-state index < -0.39 is 29.3 Å². The fraction of sp³-hybridized carbons (Fsp3) is 0.875. The smallest absolute Gasteiger partial charge is 0.305 e. The van der Waals surface area contributed by atoms with E-state index >= 15 is 0 Å². The summed E-state index contributed by atoms with van der Waals surface area (Å²) in [4.78, 5) is 89.4. The molecule has 0 bridgehead atoms. The molecule has 0 aromatic rings. The summed E-state index contributed by atoms with van der Waals surface area (Å²) in [6.45, 7) is 7.00. The van der Waals surface area contributed by atoms with Crippen LogP contribution in [0.5, 0.6) is 0 Å². The first-order valence-electron chi connectivity index (χ1n) is 28.1. The molecule has 0 unspecified atom stereocenters. The first kappa shape index (κ1) is 67.2. The third-order valence-electron chi connectivity index (χ3n) is 12.1. The second-order valence-corrected chi connectivity index (χ2v) is 19.7. The molecular formula is C56H101NO14. The van der Waals surface area contributed by atoms with Crippen LogP contribution in [0.3, 0.4) is 0 Å². The Morgan fingerprint density at radius 2 is 0.465 bits per heavy atom. The van der Waals surface area contributed by atoms with Crippen molar-refractivity contribution in [1.82, 2.24) is 4.90 Å². The van der Waals surface area contributed by atoms with Gasteiger partial charge in [0.25, 0.3) is 0 Å². The molecule has 0 saturated heterocycles. The van der Waals surface area contributed by atoms with Gasteiger partial charge in [0, 0.05) is 44.9 Å². The first-order valence-corrected chi connectivity index (χ1v) is 28.1. The van der Waals surface area contributed by atoms with Crippen LogP contribution in [-0.4, -0.2) is 114 Å². The Balaban J connectivity index is 5.32. The van der Waals surface area contributed by atoms with Gasteiger partial charge in [-0.25, -0.2) is 0 Å². The van der Waals surface area contributed by atoms with Gasteiger partial charge in [0.2, 0.25) is 0 Å². The van der Waals surface area contributed by atoms with Crippen molar-refractivity contribution in [1.29, 1.82) is 0 Å². The van der Waals surface area contributed by atoms with Gasteiger partial charge in [0.05, 0.1) is 19.8 Å². The molecule has 0 aliphatic rings. The molecule has 0 amide bonds. The average molecular weight is 1010 g/mol. The van der Waals surface area contributed by atoms with E-state index in [0.717, 1.165) is 154 Å². The van der Waals surface area contributed by atoms with Crippen LogP contribution in [-0.2, 0) is 66.7 Å². The maximum absolute atomic E-state index is 13.1. The Bertz CT molecular complexity index is 1240. The summed E-state index contributed by atoms with van der Waals surface area (Å²) in [7, 11) is 3.84. The lowest BCUT2D eigenvalue weighted by Gasteiger charge is -2.31. The van der Waals surface area contributed by atoms with E-state index in [0.29, 0.717) is 71.3 Å². The van der Waals surface area contributed by atoms with Crippen molar-refractivity contribution >= 4 is 41.8 Å². The molecule has 15 nitrogen and oxygen atoms in total. The molecule has 15 heteroatoms. The van der Waals surface area contributed by atoms with Crippen LogP contribution in [0.4, 0.5) is 0 Å². The number of carbonyl (C=O) groups excluding carboxylic acids is 7. The molecule has 0 aliphatic heterocycles. The van der Waals surface area contributed by atoms with Crippen LogP contribution in [0, 0.1) is 5.41 Å². The number of esters is 7. The Kier molecular flexibility index (Phi) is 46.0. The summed E-state index contributed by atoms with van der Waals surface area (Å²) < 4.78 is 38.6. The van der Waals surface area contributed by atoms with E-state index in [2.05, 4.69) is 0 Å². The third-order valence-corrected chi connectivity index (χ3v) is 12.1. The monoisotopic (exact) mass is 1010 g/mol. The number of nitrogens with zero attached hydrogens (tertiary/aromatic N) is 1. The van der Waals surface area contributed by atoms with E-state index in [9.17, 15) is 33.6 Å². The predicted molar refractivity (Wildman–Crippen MR) is 276 cm³/mol. The largest absolute Gasteiger partial charge is 0.466 e. The maximum atomic E-state index is 13.1. The molecule has 0 atom stereocenters. The first-order chi connectivity index (χ1) is 34.4. The average Bonchev–Trinajstić information content (AvgIpc) is 3.35. The Morgan fingerprint density at radius 3 is 0.662 bits per heavy atom. The number of hydrogen-bond donors (Lipinski definition) is 0. The van der Waals surface area contributed by atoms with Gasteiger partial charge in [0.15, 0.2) is 0 Å². The zero-order valence-corrected chi connectivity index (χ0v) is 45.6. The van der Waals surface area contributed by atoms with Gasteiger partial charge < -0.3 is 38.1 Å². The van der Waals surface area contributed by atoms with Gasteiger partial charge >= 0.3 is 41.8 Å². The quantitative estimate of drug-likeness (QED) is 0.0318. The minimum Gasteiger partial charge on any atom is -0.466 e. The fourth-order valence-electron chi connectivity index (χ4n) is 7.67. The summed E-state index contributed by atoms with van der Waals surface area (Å²) in [5, 5.41) is 0. The molecule has 0 N–H and O–H groups in total. The van der Waals surface area contributed by atoms with Gasteiger partial charge in [-0.1, -0.05) is 136 Å². The molecule has 414 valence electrons. The van der Waals surface area contributed by atoms with Crippen LogP contribution in [0.25, 0.3) is 0 Å². The highest BCUT2D eigenvalue weighted by Gasteiger charge is 2.38. The van der Waals surface area contributed by atoms with Gasteiger partial charge in [-0.05, 0) is 84.8 Å². The van der Waals surface area contributed by atoms with Crippen LogP contribution in [0.1, 0.15) is 245 Å². The molecule has 0 saturated carbocycles. The lowest BCUT2D eigenvalue weighted by molar-refractivity contribution is -0.171. The van der Waals surface area contributed by atoms with Crippen molar-refractivity contribution in [2.45, 2.75) is 245 Å². The van der Waals surface area contributed by atoms with Gasteiger partial charge in [-0.2, -0.15) is 0 Å². The standard InChI is InChI=1S/C56H101NO14/c1-6-42-65-49(58)34-27-21-15-9-12-18-24-30-37-52(61)68-45-56(48-71-55(64)40-33-41-57(4)5,46-69-53(62)38-31-25-19-13-10-16-22-28-35-50(59)66-43-7-2)47-70-54(63)39-32-26-20-14-11-17-23-29-36-51(60)67-44-8-3/h6-48H2,1-5H3. The maximum Gasteiger partial charge on any atom is 0.305 e. The van der Waals surface area contributed by atoms with E-state index in [1.807, 2.05) is 39.8 Å². The van der Waals surface area contributed by atoms with Crippen LogP contribution >= 0.6 is 0 Å². The number of unbranched alkanes of at least 4 members (excludes halogenated alkanes) is 21. The molecule has 0 spiro atoms. The van der Waals surface area contributed by atoms with Crippen LogP contribution < -0.4 is 0 Å². The van der Waals surface area contributed by atoms with E-state index in [1.165, 1.54) is 0 Å². The lowest BCUT2D eigenvalue weighted by atomic mass is 9.92. The number of hydrogen-bond acceptors (Lipinski definition) is 15. The van der Waals surface area contributed by atoms with E-state index in [4.69, 9.17) is 33.2 Å².